The fourth-order valence-electron chi connectivity index (χ4n) is 1.66. The summed E-state index contributed by atoms with van der Waals surface area (Å²) in [5.74, 6) is 0. The van der Waals surface area contributed by atoms with E-state index in [9.17, 15) is 18.0 Å². The Morgan fingerprint density at radius 3 is 2.14 bits per heavy atom. The first-order valence-electron chi connectivity index (χ1n) is 6.37. The summed E-state index contributed by atoms with van der Waals surface area (Å²) in [6, 6.07) is 4.09. The van der Waals surface area contributed by atoms with Crippen LogP contribution in [0.4, 0.5) is 18.0 Å². The standard InChI is InChI=1S/C14H19F3N2O2/c1-13(2,3)21-12(20)19-10(11(18)14(15,16)17)9-7-5-4-6-8-9/h4-8,10-11H,18H2,1-3H3,(H,19,20). The second-order valence-corrected chi connectivity index (χ2v) is 5.60. The first kappa shape index (κ1) is 17.3. The lowest BCUT2D eigenvalue weighted by molar-refractivity contribution is -0.154. The van der Waals surface area contributed by atoms with Crippen molar-refractivity contribution in [2.24, 2.45) is 5.73 Å². The molecule has 0 spiro atoms. The van der Waals surface area contributed by atoms with Crippen LogP contribution in [-0.4, -0.2) is 23.9 Å². The molecule has 0 radical (unpaired) electrons. The lowest BCUT2D eigenvalue weighted by Gasteiger charge is -2.28. The minimum atomic E-state index is -4.64. The molecule has 3 N–H and O–H groups in total. The number of hydrogen-bond donors (Lipinski definition) is 2. The highest BCUT2D eigenvalue weighted by Gasteiger charge is 2.43. The van der Waals surface area contributed by atoms with Crippen molar-refractivity contribution in [3.63, 3.8) is 0 Å². The van der Waals surface area contributed by atoms with E-state index in [1.807, 2.05) is 0 Å². The zero-order chi connectivity index (χ0) is 16.3. The molecule has 0 heterocycles. The minimum absolute atomic E-state index is 0.258. The zero-order valence-corrected chi connectivity index (χ0v) is 12.1. The third kappa shape index (κ3) is 5.63. The van der Waals surface area contributed by atoms with E-state index in [2.05, 4.69) is 5.32 Å². The second-order valence-electron chi connectivity index (χ2n) is 5.60. The van der Waals surface area contributed by atoms with E-state index in [1.165, 1.54) is 12.1 Å². The Kier molecular flexibility index (Phi) is 5.22. The number of amides is 1. The largest absolute Gasteiger partial charge is 0.444 e. The number of nitrogens with two attached hydrogens (primary N) is 1. The predicted molar refractivity (Wildman–Crippen MR) is 72.6 cm³/mol. The van der Waals surface area contributed by atoms with Gasteiger partial charge in [0.2, 0.25) is 0 Å². The van der Waals surface area contributed by atoms with Crippen molar-refractivity contribution in [1.29, 1.82) is 0 Å². The Bertz CT molecular complexity index is 469. The fraction of sp³-hybridized carbons (Fsp3) is 0.500. The molecular weight excluding hydrogens is 285 g/mol. The Morgan fingerprint density at radius 2 is 1.71 bits per heavy atom. The molecule has 1 aromatic rings. The van der Waals surface area contributed by atoms with Crippen LogP contribution in [0.5, 0.6) is 0 Å². The average molecular weight is 304 g/mol. The Labute approximate surface area is 121 Å². The summed E-state index contributed by atoms with van der Waals surface area (Å²) in [5, 5.41) is 2.19. The summed E-state index contributed by atoms with van der Waals surface area (Å²) in [5.41, 5.74) is 4.69. The number of nitrogens with one attached hydrogen (secondary N) is 1. The van der Waals surface area contributed by atoms with E-state index in [0.717, 1.165) is 0 Å². The van der Waals surface area contributed by atoms with Crippen LogP contribution >= 0.6 is 0 Å². The van der Waals surface area contributed by atoms with Crippen molar-refractivity contribution in [3.8, 4) is 0 Å². The molecule has 2 atom stereocenters. The first-order valence-corrected chi connectivity index (χ1v) is 6.37. The van der Waals surface area contributed by atoms with E-state index in [-0.39, 0.29) is 5.56 Å². The number of carbonyl (C=O) groups excluding carboxylic acids is 1. The molecule has 0 fully saturated rings. The average Bonchev–Trinajstić information content (AvgIpc) is 2.33. The van der Waals surface area contributed by atoms with Gasteiger partial charge >= 0.3 is 12.3 Å². The van der Waals surface area contributed by atoms with Gasteiger partial charge in [-0.15, -0.1) is 0 Å². The van der Waals surface area contributed by atoms with E-state index < -0.39 is 30.0 Å². The smallest absolute Gasteiger partial charge is 0.408 e. The van der Waals surface area contributed by atoms with Gasteiger partial charge in [0.15, 0.2) is 0 Å². The van der Waals surface area contributed by atoms with E-state index >= 15 is 0 Å². The van der Waals surface area contributed by atoms with Gasteiger partial charge in [0.1, 0.15) is 11.6 Å². The van der Waals surface area contributed by atoms with Crippen LogP contribution in [0.3, 0.4) is 0 Å². The Morgan fingerprint density at radius 1 is 1.19 bits per heavy atom. The van der Waals surface area contributed by atoms with Crippen LogP contribution in [-0.2, 0) is 4.74 Å². The quantitative estimate of drug-likeness (QED) is 0.901. The predicted octanol–water partition coefficient (Wildman–Crippen LogP) is 3.14. The van der Waals surface area contributed by atoms with Crippen LogP contribution in [0.15, 0.2) is 30.3 Å². The van der Waals surface area contributed by atoms with Gasteiger partial charge in [0.05, 0.1) is 6.04 Å². The summed E-state index contributed by atoms with van der Waals surface area (Å²) in [6.07, 6.45) is -5.59. The number of halogens is 3. The van der Waals surface area contributed by atoms with Gasteiger partial charge in [-0.1, -0.05) is 30.3 Å². The fourth-order valence-corrected chi connectivity index (χ4v) is 1.66. The molecule has 0 aromatic heterocycles. The van der Waals surface area contributed by atoms with Crippen molar-refractivity contribution in [2.45, 2.75) is 44.6 Å². The topological polar surface area (TPSA) is 64.3 Å². The van der Waals surface area contributed by atoms with Crippen molar-refractivity contribution in [2.75, 3.05) is 0 Å². The van der Waals surface area contributed by atoms with Crippen molar-refractivity contribution < 1.29 is 22.7 Å². The molecule has 0 aliphatic heterocycles. The maximum Gasteiger partial charge on any atom is 0.408 e. The molecule has 1 rings (SSSR count). The van der Waals surface area contributed by atoms with Gasteiger partial charge in [0, 0.05) is 0 Å². The molecule has 2 unspecified atom stereocenters. The van der Waals surface area contributed by atoms with Crippen LogP contribution in [0, 0.1) is 0 Å². The highest BCUT2D eigenvalue weighted by molar-refractivity contribution is 5.68. The number of hydrogen-bond acceptors (Lipinski definition) is 3. The van der Waals surface area contributed by atoms with Crippen LogP contribution in [0.2, 0.25) is 0 Å². The maximum absolute atomic E-state index is 12.9. The van der Waals surface area contributed by atoms with Gasteiger partial charge in [-0.25, -0.2) is 4.79 Å². The van der Waals surface area contributed by atoms with Crippen LogP contribution in [0.25, 0.3) is 0 Å². The monoisotopic (exact) mass is 304 g/mol. The summed E-state index contributed by atoms with van der Waals surface area (Å²) in [4.78, 5) is 11.7. The van der Waals surface area contributed by atoms with Crippen molar-refractivity contribution in [3.05, 3.63) is 35.9 Å². The molecule has 0 saturated carbocycles. The SMILES string of the molecule is CC(C)(C)OC(=O)NC(c1ccccc1)C(N)C(F)(F)F. The number of rotatable bonds is 3. The van der Waals surface area contributed by atoms with E-state index in [4.69, 9.17) is 10.5 Å². The lowest BCUT2D eigenvalue weighted by atomic mass is 9.99. The van der Waals surface area contributed by atoms with Crippen molar-refractivity contribution in [1.82, 2.24) is 5.32 Å². The number of carbonyl (C=O) groups is 1. The molecule has 7 heteroatoms. The van der Waals surface area contributed by atoms with Crippen LogP contribution < -0.4 is 11.1 Å². The molecule has 0 saturated heterocycles. The Hall–Kier alpha value is -1.76. The Balaban J connectivity index is 2.96. The van der Waals surface area contributed by atoms with Gasteiger partial charge < -0.3 is 15.8 Å². The molecule has 1 aromatic carbocycles. The number of benzene rings is 1. The highest BCUT2D eigenvalue weighted by Crippen LogP contribution is 2.29. The van der Waals surface area contributed by atoms with E-state index in [0.29, 0.717) is 0 Å². The molecule has 0 aliphatic carbocycles. The third-order valence-electron chi connectivity index (χ3n) is 2.57. The van der Waals surface area contributed by atoms with Gasteiger partial charge in [-0.3, -0.25) is 0 Å². The van der Waals surface area contributed by atoms with Gasteiger partial charge in [0.25, 0.3) is 0 Å². The van der Waals surface area contributed by atoms with Crippen LogP contribution in [0.1, 0.15) is 32.4 Å². The number of ether oxygens (including phenoxy) is 1. The molecule has 0 aliphatic rings. The molecule has 118 valence electrons. The summed E-state index contributed by atoms with van der Waals surface area (Å²) >= 11 is 0. The summed E-state index contributed by atoms with van der Waals surface area (Å²) in [7, 11) is 0. The summed E-state index contributed by atoms with van der Waals surface area (Å²) < 4.78 is 43.5. The van der Waals surface area contributed by atoms with Gasteiger partial charge in [-0.05, 0) is 26.3 Å². The molecular formula is C14H19F3N2O2. The highest BCUT2D eigenvalue weighted by atomic mass is 19.4. The number of alkyl halides is 3. The van der Waals surface area contributed by atoms with E-state index in [1.54, 1.807) is 39.0 Å². The number of alkyl carbamates (subject to hydrolysis) is 1. The van der Waals surface area contributed by atoms with Gasteiger partial charge in [-0.2, -0.15) is 13.2 Å². The third-order valence-corrected chi connectivity index (χ3v) is 2.57. The second kappa shape index (κ2) is 6.34. The lowest BCUT2D eigenvalue weighted by Crippen LogP contribution is -2.50. The maximum atomic E-state index is 12.9. The molecule has 21 heavy (non-hydrogen) atoms. The normalized spacial score (nSPS) is 15.2. The molecule has 4 nitrogen and oxygen atoms in total. The molecule has 1 amide bonds. The van der Waals surface area contributed by atoms with Crippen molar-refractivity contribution >= 4 is 6.09 Å². The zero-order valence-electron chi connectivity index (χ0n) is 12.1. The first-order chi connectivity index (χ1) is 9.50. The minimum Gasteiger partial charge on any atom is -0.444 e. The summed E-state index contributed by atoms with van der Waals surface area (Å²) in [6.45, 7) is 4.86. The molecule has 0 bridgehead atoms.